The second-order valence-corrected chi connectivity index (χ2v) is 11.5. The van der Waals surface area contributed by atoms with Crippen molar-refractivity contribution >= 4 is 23.4 Å². The third-order valence-corrected chi connectivity index (χ3v) is 8.85. The van der Waals surface area contributed by atoms with Crippen molar-refractivity contribution in [3.63, 3.8) is 0 Å². The van der Waals surface area contributed by atoms with Gasteiger partial charge in [0.05, 0.1) is 34.5 Å². The number of amides is 3. The van der Waals surface area contributed by atoms with E-state index in [4.69, 9.17) is 0 Å². The number of hydrogen-bond acceptors (Lipinski definition) is 6. The summed E-state index contributed by atoms with van der Waals surface area (Å²) in [5, 5.41) is 11.2. The molecular formula is C32H31F3N4O4. The van der Waals surface area contributed by atoms with Crippen LogP contribution in [0.4, 0.5) is 18.9 Å². The molecule has 0 saturated carbocycles. The van der Waals surface area contributed by atoms with E-state index in [2.05, 4.69) is 4.98 Å². The number of anilines is 1. The molecule has 43 heavy (non-hydrogen) atoms. The Morgan fingerprint density at radius 3 is 2.35 bits per heavy atom. The molecule has 1 N–H and O–H groups in total. The van der Waals surface area contributed by atoms with Gasteiger partial charge in [-0.2, -0.15) is 13.2 Å². The zero-order chi connectivity index (χ0) is 30.4. The molecule has 0 atom stereocenters. The van der Waals surface area contributed by atoms with E-state index in [-0.39, 0.29) is 61.7 Å². The number of aromatic nitrogens is 1. The van der Waals surface area contributed by atoms with Crippen molar-refractivity contribution < 1.29 is 32.7 Å². The van der Waals surface area contributed by atoms with Gasteiger partial charge in [-0.05, 0) is 67.1 Å². The molecule has 3 amide bonds. The second kappa shape index (κ2) is 11.1. The van der Waals surface area contributed by atoms with Crippen LogP contribution in [0.25, 0.3) is 0 Å². The number of alkyl halides is 3. The minimum atomic E-state index is -4.50. The Balaban J connectivity index is 1.08. The summed E-state index contributed by atoms with van der Waals surface area (Å²) in [7, 11) is 0. The molecule has 0 bridgehead atoms. The number of imide groups is 1. The van der Waals surface area contributed by atoms with Crippen molar-refractivity contribution in [1.29, 1.82) is 0 Å². The number of piperidine rings is 2. The predicted octanol–water partition coefficient (Wildman–Crippen LogP) is 4.62. The van der Waals surface area contributed by atoms with Gasteiger partial charge in [0.15, 0.2) is 0 Å². The van der Waals surface area contributed by atoms with E-state index in [0.717, 1.165) is 17.7 Å². The van der Waals surface area contributed by atoms with E-state index in [9.17, 15) is 32.7 Å². The highest BCUT2D eigenvalue weighted by atomic mass is 19.4. The van der Waals surface area contributed by atoms with Crippen LogP contribution in [0.1, 0.15) is 63.1 Å². The van der Waals surface area contributed by atoms with Crippen LogP contribution >= 0.6 is 0 Å². The van der Waals surface area contributed by atoms with Gasteiger partial charge in [-0.25, -0.2) is 0 Å². The summed E-state index contributed by atoms with van der Waals surface area (Å²) >= 11 is 0. The van der Waals surface area contributed by atoms with Crippen LogP contribution in [-0.4, -0.2) is 63.8 Å². The van der Waals surface area contributed by atoms with Crippen molar-refractivity contribution in [3.05, 3.63) is 94.8 Å². The Morgan fingerprint density at radius 2 is 1.67 bits per heavy atom. The summed E-state index contributed by atoms with van der Waals surface area (Å²) < 4.78 is 39.6. The van der Waals surface area contributed by atoms with Crippen molar-refractivity contribution in [2.75, 3.05) is 31.1 Å². The van der Waals surface area contributed by atoms with Crippen molar-refractivity contribution in [3.8, 4) is 0 Å². The summed E-state index contributed by atoms with van der Waals surface area (Å²) in [5.74, 6) is -0.963. The Hall–Kier alpha value is -4.25. The first kappa shape index (κ1) is 28.9. The maximum atomic E-state index is 13.4. The minimum Gasteiger partial charge on any atom is -0.385 e. The number of pyridine rings is 1. The maximum Gasteiger partial charge on any atom is 0.416 e. The summed E-state index contributed by atoms with van der Waals surface area (Å²) in [6.45, 7) is 1.69. The molecule has 3 aliphatic heterocycles. The Kier molecular flexibility index (Phi) is 7.45. The third-order valence-electron chi connectivity index (χ3n) is 8.85. The van der Waals surface area contributed by atoms with Gasteiger partial charge in [-0.3, -0.25) is 24.3 Å². The first-order valence-electron chi connectivity index (χ1n) is 14.4. The van der Waals surface area contributed by atoms with Gasteiger partial charge in [-0.1, -0.05) is 24.3 Å². The highest BCUT2D eigenvalue weighted by Crippen LogP contribution is 2.38. The fourth-order valence-corrected chi connectivity index (χ4v) is 6.39. The van der Waals surface area contributed by atoms with Gasteiger partial charge >= 0.3 is 6.18 Å². The lowest BCUT2D eigenvalue weighted by Gasteiger charge is -2.41. The summed E-state index contributed by atoms with van der Waals surface area (Å²) in [5.41, 5.74) is 0.162. The second-order valence-electron chi connectivity index (χ2n) is 11.5. The third kappa shape index (κ3) is 5.49. The molecule has 6 rings (SSSR count). The van der Waals surface area contributed by atoms with Gasteiger partial charge in [0.25, 0.3) is 11.8 Å². The van der Waals surface area contributed by atoms with Crippen LogP contribution < -0.4 is 4.90 Å². The number of carbonyl (C=O) groups is 3. The molecule has 4 heterocycles. The number of halogens is 3. The van der Waals surface area contributed by atoms with Crippen LogP contribution in [0, 0.1) is 5.92 Å². The Morgan fingerprint density at radius 1 is 0.953 bits per heavy atom. The lowest BCUT2D eigenvalue weighted by molar-refractivity contribution is -0.140. The topological polar surface area (TPSA) is 94.1 Å². The first-order valence-corrected chi connectivity index (χ1v) is 14.4. The molecule has 2 fully saturated rings. The van der Waals surface area contributed by atoms with Crippen LogP contribution in [0.15, 0.2) is 67.0 Å². The molecule has 3 aromatic rings. The van der Waals surface area contributed by atoms with Crippen molar-refractivity contribution in [2.45, 2.75) is 44.0 Å². The molecule has 2 aromatic carbocycles. The molecule has 0 radical (unpaired) electrons. The Bertz CT molecular complexity index is 1550. The molecular weight excluding hydrogens is 561 g/mol. The van der Waals surface area contributed by atoms with Crippen LogP contribution in [0.3, 0.4) is 0 Å². The molecule has 0 unspecified atom stereocenters. The number of likely N-dealkylation sites (tertiary alicyclic amines) is 1. The lowest BCUT2D eigenvalue weighted by atomic mass is 9.83. The molecule has 11 heteroatoms. The van der Waals surface area contributed by atoms with Gasteiger partial charge in [-0.15, -0.1) is 0 Å². The van der Waals surface area contributed by atoms with Crippen molar-refractivity contribution in [1.82, 2.24) is 14.8 Å². The highest BCUT2D eigenvalue weighted by Gasteiger charge is 2.41. The van der Waals surface area contributed by atoms with Crippen LogP contribution in [0.5, 0.6) is 0 Å². The normalized spacial score (nSPS) is 19.1. The average molecular weight is 593 g/mol. The minimum absolute atomic E-state index is 0.0297. The first-order chi connectivity index (χ1) is 20.5. The van der Waals surface area contributed by atoms with E-state index >= 15 is 0 Å². The fraction of sp³-hybridized carbons (Fsp3) is 0.375. The van der Waals surface area contributed by atoms with E-state index < -0.39 is 17.3 Å². The van der Waals surface area contributed by atoms with E-state index in [0.29, 0.717) is 42.7 Å². The molecule has 8 nitrogen and oxygen atoms in total. The maximum absolute atomic E-state index is 13.4. The lowest BCUT2D eigenvalue weighted by Crippen LogP contribution is -2.49. The molecule has 0 aliphatic carbocycles. The van der Waals surface area contributed by atoms with Gasteiger partial charge < -0.3 is 14.9 Å². The van der Waals surface area contributed by atoms with Crippen molar-refractivity contribution in [2.24, 2.45) is 5.92 Å². The number of carbonyl (C=O) groups excluding carboxylic acids is 3. The van der Waals surface area contributed by atoms with Crippen LogP contribution in [-0.2, 0) is 23.1 Å². The molecule has 3 aliphatic rings. The predicted molar refractivity (Wildman–Crippen MR) is 151 cm³/mol. The molecule has 1 aromatic heterocycles. The van der Waals surface area contributed by atoms with Gasteiger partial charge in [0.2, 0.25) is 5.91 Å². The summed E-state index contributed by atoms with van der Waals surface area (Å²) in [6, 6.07) is 13.6. The van der Waals surface area contributed by atoms with Gasteiger partial charge in [0, 0.05) is 44.5 Å². The monoisotopic (exact) mass is 592 g/mol. The Labute approximate surface area is 246 Å². The molecule has 224 valence electrons. The van der Waals surface area contributed by atoms with Crippen LogP contribution in [0.2, 0.25) is 0 Å². The molecule has 0 spiro atoms. The van der Waals surface area contributed by atoms with E-state index in [1.807, 2.05) is 17.0 Å². The zero-order valence-corrected chi connectivity index (χ0v) is 23.4. The van der Waals surface area contributed by atoms with E-state index in [1.165, 1.54) is 17.0 Å². The number of nitrogens with zero attached hydrogens (tertiary/aromatic N) is 4. The molecule has 2 saturated heterocycles. The number of benzene rings is 2. The smallest absolute Gasteiger partial charge is 0.385 e. The van der Waals surface area contributed by atoms with Gasteiger partial charge in [0.1, 0.15) is 0 Å². The number of aliphatic hydroxyl groups is 1. The highest BCUT2D eigenvalue weighted by molar-refractivity contribution is 6.23. The standard InChI is InChI=1S/C32H31F3N4O4/c33-32(34,35)24-6-1-5-23(18-24)31(43)11-16-38(17-12-31)28(40)22-9-14-37(15-10-22)26-8-2-7-25-27(26)30(42)39(29(25)41)20-21-4-3-13-36-19-21/h1-8,13,18-19,22,43H,9-12,14-17,20H2. The summed E-state index contributed by atoms with van der Waals surface area (Å²) in [4.78, 5) is 48.9. The number of fused-ring (bicyclic) bond motifs is 1. The largest absolute Gasteiger partial charge is 0.416 e. The fourth-order valence-electron chi connectivity index (χ4n) is 6.39. The quantitative estimate of drug-likeness (QED) is 0.435. The number of hydrogen-bond donors (Lipinski definition) is 1. The SMILES string of the molecule is O=C(C1CCN(c2cccc3c2C(=O)N(Cc2cccnc2)C3=O)CC1)N1CCC(O)(c2cccc(C(F)(F)F)c2)CC1. The number of rotatable bonds is 5. The zero-order valence-electron chi connectivity index (χ0n) is 23.4. The van der Waals surface area contributed by atoms with E-state index in [1.54, 1.807) is 35.5 Å². The average Bonchev–Trinajstić information content (AvgIpc) is 3.26. The summed E-state index contributed by atoms with van der Waals surface area (Å²) in [6.07, 6.45) is 0.169.